The summed E-state index contributed by atoms with van der Waals surface area (Å²) in [5.41, 5.74) is 1.75. The molecule has 0 aliphatic carbocycles. The molecule has 0 aromatic heterocycles. The highest BCUT2D eigenvalue weighted by molar-refractivity contribution is 6.72. The van der Waals surface area contributed by atoms with Crippen molar-refractivity contribution in [1.29, 1.82) is 0 Å². The zero-order valence-electron chi connectivity index (χ0n) is 16.1. The quantitative estimate of drug-likeness (QED) is 0.571. The molecule has 0 amide bonds. The summed E-state index contributed by atoms with van der Waals surface area (Å²) in [6, 6.07) is 17.6. The standard InChI is InChI=1S/C22H28O2Si/c1-21(2,3)25(23,22(4,5)6)24-20-15-11-10-14-19(20)17-16-18-12-8-7-9-13-18/h7-15,23H,1-6H3. The minimum absolute atomic E-state index is 0.328. The predicted molar refractivity (Wildman–Crippen MR) is 107 cm³/mol. The summed E-state index contributed by atoms with van der Waals surface area (Å²) in [5.74, 6) is 7.02. The van der Waals surface area contributed by atoms with Gasteiger partial charge in [-0.05, 0) is 24.3 Å². The van der Waals surface area contributed by atoms with Crippen LogP contribution in [0.4, 0.5) is 0 Å². The van der Waals surface area contributed by atoms with Crippen LogP contribution in [0.3, 0.4) is 0 Å². The van der Waals surface area contributed by atoms with Crippen LogP contribution in [0.2, 0.25) is 10.1 Å². The minimum Gasteiger partial charge on any atom is -0.518 e. The topological polar surface area (TPSA) is 29.5 Å². The molecule has 0 fully saturated rings. The molecule has 25 heavy (non-hydrogen) atoms. The van der Waals surface area contributed by atoms with Gasteiger partial charge in [0, 0.05) is 15.6 Å². The van der Waals surface area contributed by atoms with E-state index in [1.165, 1.54) is 0 Å². The Morgan fingerprint density at radius 1 is 0.760 bits per heavy atom. The molecule has 0 saturated carbocycles. The molecule has 0 heterocycles. The number of hydrogen-bond donors (Lipinski definition) is 1. The van der Waals surface area contributed by atoms with Crippen LogP contribution in [-0.2, 0) is 0 Å². The van der Waals surface area contributed by atoms with Crippen molar-refractivity contribution in [3.05, 3.63) is 65.7 Å². The second kappa shape index (κ2) is 7.07. The Morgan fingerprint density at radius 2 is 1.28 bits per heavy atom. The number of para-hydroxylation sites is 1. The summed E-state index contributed by atoms with van der Waals surface area (Å²) in [7, 11) is -3.10. The first kappa shape index (κ1) is 19.3. The van der Waals surface area contributed by atoms with E-state index in [1.807, 2.05) is 96.1 Å². The predicted octanol–water partition coefficient (Wildman–Crippen LogP) is 5.50. The SMILES string of the molecule is CC(C)(C)[Si](O)(Oc1ccccc1C#Cc1ccccc1)C(C)(C)C. The van der Waals surface area contributed by atoms with Crippen LogP contribution in [0.1, 0.15) is 52.7 Å². The molecule has 132 valence electrons. The van der Waals surface area contributed by atoms with Crippen LogP contribution in [0.15, 0.2) is 54.6 Å². The maximum Gasteiger partial charge on any atom is 0.407 e. The van der Waals surface area contributed by atoms with E-state index in [1.54, 1.807) is 0 Å². The molecule has 1 N–H and O–H groups in total. The lowest BCUT2D eigenvalue weighted by atomic mass is 10.1. The Balaban J connectivity index is 2.43. The van der Waals surface area contributed by atoms with Crippen molar-refractivity contribution in [3.8, 4) is 17.6 Å². The highest BCUT2D eigenvalue weighted by Crippen LogP contribution is 2.50. The van der Waals surface area contributed by atoms with Crippen molar-refractivity contribution < 1.29 is 9.22 Å². The first-order chi connectivity index (χ1) is 11.5. The fraction of sp³-hybridized carbons (Fsp3) is 0.364. The number of rotatable bonds is 2. The van der Waals surface area contributed by atoms with E-state index in [-0.39, 0.29) is 10.1 Å². The molecule has 0 bridgehead atoms. The van der Waals surface area contributed by atoms with Crippen LogP contribution < -0.4 is 4.43 Å². The third kappa shape index (κ3) is 4.34. The van der Waals surface area contributed by atoms with Gasteiger partial charge in [-0.2, -0.15) is 0 Å². The molecule has 0 saturated heterocycles. The summed E-state index contributed by atoms with van der Waals surface area (Å²) < 4.78 is 6.34. The van der Waals surface area contributed by atoms with Crippen LogP contribution >= 0.6 is 0 Å². The van der Waals surface area contributed by atoms with Gasteiger partial charge in [0.1, 0.15) is 5.75 Å². The Kier molecular flexibility index (Phi) is 5.46. The minimum atomic E-state index is -3.10. The zero-order chi connectivity index (χ0) is 18.7. The lowest BCUT2D eigenvalue weighted by Gasteiger charge is -2.45. The smallest absolute Gasteiger partial charge is 0.407 e. The third-order valence-corrected chi connectivity index (χ3v) is 8.87. The summed E-state index contributed by atoms with van der Waals surface area (Å²) in [6.07, 6.45) is 0. The number of hydrogen-bond acceptors (Lipinski definition) is 2. The third-order valence-electron chi connectivity index (χ3n) is 4.29. The Bertz CT molecular complexity index is 757. The lowest BCUT2D eigenvalue weighted by Crippen LogP contribution is -2.57. The molecule has 2 aromatic carbocycles. The van der Waals surface area contributed by atoms with E-state index < -0.39 is 8.56 Å². The van der Waals surface area contributed by atoms with Gasteiger partial charge in [0.05, 0.1) is 5.56 Å². The summed E-state index contributed by atoms with van der Waals surface area (Å²) in [5, 5.41) is -0.656. The first-order valence-corrected chi connectivity index (χ1v) is 10.5. The molecule has 0 aliphatic heterocycles. The average molecular weight is 353 g/mol. The Morgan fingerprint density at radius 3 is 1.84 bits per heavy atom. The molecular weight excluding hydrogens is 324 g/mol. The molecule has 2 nitrogen and oxygen atoms in total. The molecule has 2 rings (SSSR count). The van der Waals surface area contributed by atoms with Crippen molar-refractivity contribution in [3.63, 3.8) is 0 Å². The highest BCUT2D eigenvalue weighted by Gasteiger charge is 2.57. The van der Waals surface area contributed by atoms with Gasteiger partial charge < -0.3 is 9.22 Å². The van der Waals surface area contributed by atoms with Gasteiger partial charge in [0.2, 0.25) is 0 Å². The molecule has 0 spiro atoms. The van der Waals surface area contributed by atoms with Gasteiger partial charge in [-0.3, -0.25) is 0 Å². The second-order valence-electron chi connectivity index (χ2n) is 8.36. The van der Waals surface area contributed by atoms with Crippen LogP contribution in [0.5, 0.6) is 5.75 Å². The molecule has 0 radical (unpaired) electrons. The number of benzene rings is 2. The van der Waals surface area contributed by atoms with Crippen LogP contribution in [-0.4, -0.2) is 13.4 Å². The van der Waals surface area contributed by atoms with Crippen LogP contribution in [0, 0.1) is 11.8 Å². The summed E-state index contributed by atoms with van der Waals surface area (Å²) in [4.78, 5) is 11.5. The van der Waals surface area contributed by atoms with E-state index in [2.05, 4.69) is 11.8 Å². The molecule has 2 aromatic rings. The van der Waals surface area contributed by atoms with E-state index >= 15 is 0 Å². The monoisotopic (exact) mass is 352 g/mol. The molecule has 3 heteroatoms. The molecule has 0 unspecified atom stereocenters. The molecular formula is C22H28O2Si. The van der Waals surface area contributed by atoms with Crippen molar-refractivity contribution in [2.75, 3.05) is 0 Å². The van der Waals surface area contributed by atoms with Crippen LogP contribution in [0.25, 0.3) is 0 Å². The van der Waals surface area contributed by atoms with E-state index in [4.69, 9.17) is 4.43 Å². The fourth-order valence-corrected chi connectivity index (χ4v) is 6.27. The summed E-state index contributed by atoms with van der Waals surface area (Å²) >= 11 is 0. The van der Waals surface area contributed by atoms with Gasteiger partial charge in [-0.1, -0.05) is 83.7 Å². The van der Waals surface area contributed by atoms with Gasteiger partial charge in [0.15, 0.2) is 0 Å². The normalized spacial score (nSPS) is 12.3. The fourth-order valence-electron chi connectivity index (χ4n) is 2.91. The van der Waals surface area contributed by atoms with E-state index in [0.717, 1.165) is 11.1 Å². The maximum atomic E-state index is 11.5. The molecule has 0 aliphatic rings. The largest absolute Gasteiger partial charge is 0.518 e. The average Bonchev–Trinajstić information content (AvgIpc) is 2.53. The molecule has 0 atom stereocenters. The van der Waals surface area contributed by atoms with Gasteiger partial charge in [-0.25, -0.2) is 0 Å². The lowest BCUT2D eigenvalue weighted by molar-refractivity contribution is 0.283. The van der Waals surface area contributed by atoms with Gasteiger partial charge >= 0.3 is 8.56 Å². The van der Waals surface area contributed by atoms with E-state index in [0.29, 0.717) is 5.75 Å². The van der Waals surface area contributed by atoms with E-state index in [9.17, 15) is 4.80 Å². The highest BCUT2D eigenvalue weighted by atomic mass is 28.4. The zero-order valence-corrected chi connectivity index (χ0v) is 17.1. The Hall–Kier alpha value is -2.02. The van der Waals surface area contributed by atoms with Gasteiger partial charge in [-0.15, -0.1) is 0 Å². The maximum absolute atomic E-state index is 11.5. The summed E-state index contributed by atoms with van der Waals surface area (Å²) in [6.45, 7) is 12.3. The second-order valence-corrected chi connectivity index (χ2v) is 12.9. The Labute approximate surface area is 153 Å². The van der Waals surface area contributed by atoms with Crippen molar-refractivity contribution >= 4 is 8.56 Å². The first-order valence-electron chi connectivity index (χ1n) is 8.62. The van der Waals surface area contributed by atoms with Crippen molar-refractivity contribution in [2.24, 2.45) is 0 Å². The van der Waals surface area contributed by atoms with Gasteiger partial charge in [0.25, 0.3) is 0 Å². The van der Waals surface area contributed by atoms with Crippen molar-refractivity contribution in [2.45, 2.75) is 51.6 Å². The van der Waals surface area contributed by atoms with Crippen molar-refractivity contribution in [1.82, 2.24) is 0 Å².